The monoisotopic (exact) mass is 816 g/mol. The van der Waals surface area contributed by atoms with Crippen molar-refractivity contribution in [2.24, 2.45) is 0 Å². The second-order valence-corrected chi connectivity index (χ2v) is 16.7. The van der Waals surface area contributed by atoms with Crippen LogP contribution in [0.25, 0.3) is 0 Å². The highest BCUT2D eigenvalue weighted by molar-refractivity contribution is 7.91. The van der Waals surface area contributed by atoms with Crippen molar-refractivity contribution >= 4 is 65.8 Å². The molecule has 0 spiro atoms. The number of amides is 2. The summed E-state index contributed by atoms with van der Waals surface area (Å²) in [5, 5.41) is 11.3. The van der Waals surface area contributed by atoms with Crippen LogP contribution < -0.4 is 21.3 Å². The Bertz CT molecular complexity index is 2660. The van der Waals surface area contributed by atoms with Crippen molar-refractivity contribution in [2.75, 3.05) is 35.4 Å². The number of nitrogens with one attached hydrogen (secondary N) is 4. The van der Waals surface area contributed by atoms with Crippen molar-refractivity contribution in [2.45, 2.75) is 33.4 Å². The molecule has 0 aliphatic heterocycles. The van der Waals surface area contributed by atoms with Gasteiger partial charge in [0.15, 0.2) is 11.6 Å². The van der Waals surface area contributed by atoms with Gasteiger partial charge in [0.25, 0.3) is 11.8 Å². The summed E-state index contributed by atoms with van der Waals surface area (Å²) in [6.45, 7) is 2.89. The zero-order valence-electron chi connectivity index (χ0n) is 31.9. The van der Waals surface area contributed by atoms with Gasteiger partial charge in [0.05, 0.1) is 19.6 Å². The van der Waals surface area contributed by atoms with Gasteiger partial charge in [-0.25, -0.2) is 16.8 Å². The molecular weight excluding hydrogens is 777 g/mol. The van der Waals surface area contributed by atoms with Crippen LogP contribution in [0.15, 0.2) is 165 Å². The zero-order chi connectivity index (χ0) is 42.0. The van der Waals surface area contributed by atoms with Crippen molar-refractivity contribution in [3.05, 3.63) is 168 Å². The standard InChI is InChI=1S/2C22H20N2O4S/c1-15(25)16-3-5-17(6-4-16)22(26)24-19-9-13-21(14-10-19)29(27,28)20-11-7-18(23-2)8-12-20;1-15(25)16-4-3-5-17(14-16)22(26)24-19-8-12-21(13-9-19)29(27,28)20-10-6-18(23-2)7-11-20/h2*3-14,23H,1-2H3,(H,24,26). The molecule has 0 heterocycles. The summed E-state index contributed by atoms with van der Waals surface area (Å²) in [7, 11) is -3.79. The van der Waals surface area contributed by atoms with Gasteiger partial charge in [-0.2, -0.15) is 0 Å². The Balaban J connectivity index is 0.000000221. The van der Waals surface area contributed by atoms with Crippen molar-refractivity contribution in [1.82, 2.24) is 0 Å². The molecule has 0 unspecified atom stereocenters. The van der Waals surface area contributed by atoms with E-state index < -0.39 is 19.7 Å². The molecule has 0 atom stereocenters. The van der Waals surface area contributed by atoms with Gasteiger partial charge in [-0.15, -0.1) is 0 Å². The maximum absolute atomic E-state index is 12.8. The third-order valence-electron chi connectivity index (χ3n) is 8.84. The third kappa shape index (κ3) is 10.3. The van der Waals surface area contributed by atoms with Crippen LogP contribution in [0.3, 0.4) is 0 Å². The molecular formula is C44H40N4O8S2. The highest BCUT2D eigenvalue weighted by Crippen LogP contribution is 2.25. The molecule has 58 heavy (non-hydrogen) atoms. The Morgan fingerprint density at radius 2 is 0.690 bits per heavy atom. The van der Waals surface area contributed by atoms with Crippen molar-refractivity contribution in [3.63, 3.8) is 0 Å². The van der Waals surface area contributed by atoms with Gasteiger partial charge >= 0.3 is 0 Å². The molecule has 0 fully saturated rings. The third-order valence-corrected chi connectivity index (χ3v) is 12.4. The normalized spacial score (nSPS) is 11.0. The number of hydrogen-bond acceptors (Lipinski definition) is 10. The molecule has 0 bridgehead atoms. The highest BCUT2D eigenvalue weighted by Gasteiger charge is 2.19. The predicted molar refractivity (Wildman–Crippen MR) is 225 cm³/mol. The Kier molecular flexibility index (Phi) is 13.4. The lowest BCUT2D eigenvalue weighted by molar-refractivity contribution is 0.100. The molecule has 12 nitrogen and oxygen atoms in total. The number of ketones is 2. The molecule has 296 valence electrons. The maximum atomic E-state index is 12.8. The summed E-state index contributed by atoms with van der Waals surface area (Å²) in [5.74, 6) is -0.934. The number of sulfone groups is 2. The van der Waals surface area contributed by atoms with E-state index in [0.717, 1.165) is 11.4 Å². The van der Waals surface area contributed by atoms with Crippen LogP contribution in [0.2, 0.25) is 0 Å². The van der Waals surface area contributed by atoms with Crippen LogP contribution >= 0.6 is 0 Å². The maximum Gasteiger partial charge on any atom is 0.255 e. The van der Waals surface area contributed by atoms with Crippen LogP contribution in [0, 0.1) is 0 Å². The number of carbonyl (C=O) groups excluding carboxylic acids is 4. The van der Waals surface area contributed by atoms with Gasteiger partial charge in [-0.3, -0.25) is 19.2 Å². The van der Waals surface area contributed by atoms with E-state index in [9.17, 15) is 36.0 Å². The molecule has 0 aliphatic rings. The van der Waals surface area contributed by atoms with E-state index in [1.165, 1.54) is 68.4 Å². The summed E-state index contributed by atoms with van der Waals surface area (Å²) < 4.78 is 51.0. The topological polar surface area (TPSA) is 185 Å². The minimum atomic E-state index is -3.65. The first kappa shape index (κ1) is 42.2. The lowest BCUT2D eigenvalue weighted by atomic mass is 10.1. The summed E-state index contributed by atoms with van der Waals surface area (Å²) in [6, 6.07) is 37.6. The number of hydrogen-bond donors (Lipinski definition) is 4. The van der Waals surface area contributed by atoms with E-state index in [1.807, 2.05) is 0 Å². The molecule has 14 heteroatoms. The smallest absolute Gasteiger partial charge is 0.255 e. The minimum absolute atomic E-state index is 0.0747. The van der Waals surface area contributed by atoms with Gasteiger partial charge in [0, 0.05) is 59.1 Å². The van der Waals surface area contributed by atoms with E-state index in [1.54, 1.807) is 105 Å². The first-order valence-electron chi connectivity index (χ1n) is 17.7. The van der Waals surface area contributed by atoms with Crippen LogP contribution in [0.1, 0.15) is 55.3 Å². The SMILES string of the molecule is CNc1ccc(S(=O)(=O)c2ccc(NC(=O)c3ccc(C(C)=O)cc3)cc2)cc1.CNc1ccc(S(=O)(=O)c2ccc(NC(=O)c3cccc(C(C)=O)c3)cc2)cc1. The first-order chi connectivity index (χ1) is 27.6. The zero-order valence-corrected chi connectivity index (χ0v) is 33.6. The number of rotatable bonds is 12. The summed E-state index contributed by atoms with van der Waals surface area (Å²) in [6.07, 6.45) is 0. The molecule has 6 aromatic carbocycles. The second kappa shape index (κ2) is 18.4. The molecule has 6 rings (SSSR count). The van der Waals surface area contributed by atoms with E-state index in [-0.39, 0.29) is 43.0 Å². The summed E-state index contributed by atoms with van der Waals surface area (Å²) >= 11 is 0. The predicted octanol–water partition coefficient (Wildman–Crippen LogP) is 8.03. The Hall–Kier alpha value is -6.90. The average molecular weight is 817 g/mol. The molecule has 0 radical (unpaired) electrons. The average Bonchev–Trinajstić information content (AvgIpc) is 3.24. The molecule has 4 N–H and O–H groups in total. The first-order valence-corrected chi connectivity index (χ1v) is 20.7. The van der Waals surface area contributed by atoms with Crippen LogP contribution in [0.5, 0.6) is 0 Å². The van der Waals surface area contributed by atoms with Gasteiger partial charge in [-0.1, -0.05) is 24.3 Å². The lowest BCUT2D eigenvalue weighted by Gasteiger charge is -2.09. The fourth-order valence-corrected chi connectivity index (χ4v) is 7.97. The van der Waals surface area contributed by atoms with E-state index in [2.05, 4.69) is 21.3 Å². The van der Waals surface area contributed by atoms with Crippen LogP contribution in [-0.4, -0.2) is 54.3 Å². The molecule has 0 aliphatic carbocycles. The van der Waals surface area contributed by atoms with Crippen LogP contribution in [-0.2, 0) is 19.7 Å². The van der Waals surface area contributed by atoms with Crippen molar-refractivity contribution in [3.8, 4) is 0 Å². The second-order valence-electron chi connectivity index (χ2n) is 12.8. The Morgan fingerprint density at radius 3 is 1.03 bits per heavy atom. The number of anilines is 4. The quantitative estimate of drug-likeness (QED) is 0.0882. The fraction of sp³-hybridized carbons (Fsp3) is 0.0909. The summed E-state index contributed by atoms with van der Waals surface area (Å²) in [4.78, 5) is 48.2. The Labute approximate surface area is 337 Å². The molecule has 0 aromatic heterocycles. The molecule has 2 amide bonds. The molecule has 0 saturated carbocycles. The van der Waals surface area contributed by atoms with E-state index in [0.29, 0.717) is 33.6 Å². The van der Waals surface area contributed by atoms with Crippen LogP contribution in [0.4, 0.5) is 22.7 Å². The van der Waals surface area contributed by atoms with E-state index >= 15 is 0 Å². The van der Waals surface area contributed by atoms with Crippen molar-refractivity contribution in [1.29, 1.82) is 0 Å². The number of benzene rings is 6. The number of Topliss-reactive ketones (excluding diaryl/α,β-unsaturated/α-hetero) is 2. The van der Waals surface area contributed by atoms with Crippen molar-refractivity contribution < 1.29 is 36.0 Å². The minimum Gasteiger partial charge on any atom is -0.388 e. The Morgan fingerprint density at radius 1 is 0.379 bits per heavy atom. The number of carbonyl (C=O) groups is 4. The molecule has 6 aromatic rings. The van der Waals surface area contributed by atoms with Gasteiger partial charge in [0.2, 0.25) is 19.7 Å². The highest BCUT2D eigenvalue weighted by atomic mass is 32.2. The van der Waals surface area contributed by atoms with E-state index in [4.69, 9.17) is 0 Å². The fourth-order valence-electron chi connectivity index (χ4n) is 5.45. The summed E-state index contributed by atoms with van der Waals surface area (Å²) in [5.41, 5.74) is 4.27. The van der Waals surface area contributed by atoms with Gasteiger partial charge in [-0.05, 0) is 135 Å². The lowest BCUT2D eigenvalue weighted by Crippen LogP contribution is -2.12. The largest absolute Gasteiger partial charge is 0.388 e. The van der Waals surface area contributed by atoms with Gasteiger partial charge < -0.3 is 21.3 Å². The van der Waals surface area contributed by atoms with Gasteiger partial charge in [0.1, 0.15) is 0 Å². The molecule has 0 saturated heterocycles.